The summed E-state index contributed by atoms with van der Waals surface area (Å²) in [5, 5.41) is 20.6. The van der Waals surface area contributed by atoms with Gasteiger partial charge in [-0.3, -0.25) is 32.5 Å². The van der Waals surface area contributed by atoms with Gasteiger partial charge in [0.05, 0.1) is 26.4 Å². The van der Waals surface area contributed by atoms with Crippen LogP contribution >= 0.6 is 15.6 Å². The molecule has 0 bridgehead atoms. The Labute approximate surface area is 602 Å². The van der Waals surface area contributed by atoms with Gasteiger partial charge in [0.1, 0.15) is 25.4 Å². The lowest BCUT2D eigenvalue weighted by Crippen LogP contribution is -2.30. The van der Waals surface area contributed by atoms with Crippen LogP contribution in [0.3, 0.4) is 0 Å². The first kappa shape index (κ1) is 94.9. The van der Waals surface area contributed by atoms with Crippen molar-refractivity contribution in [1.82, 2.24) is 0 Å². The van der Waals surface area contributed by atoms with Gasteiger partial charge in [0, 0.05) is 19.3 Å². The van der Waals surface area contributed by atoms with Crippen LogP contribution in [0.25, 0.3) is 0 Å². The van der Waals surface area contributed by atoms with Crippen LogP contribution in [0.15, 0.2) is 122 Å². The van der Waals surface area contributed by atoms with Crippen molar-refractivity contribution < 1.29 is 75.8 Å². The fraction of sp³-hybridized carbons (Fsp3) is 0.716. The lowest BCUT2D eigenvalue weighted by Gasteiger charge is -2.21. The first-order valence-electron chi connectivity index (χ1n) is 38.8. The fourth-order valence-corrected chi connectivity index (χ4v) is 11.9. The van der Waals surface area contributed by atoms with Gasteiger partial charge >= 0.3 is 33.6 Å². The van der Waals surface area contributed by atoms with E-state index in [1.165, 1.54) is 109 Å². The van der Waals surface area contributed by atoms with Crippen molar-refractivity contribution >= 4 is 33.6 Å². The van der Waals surface area contributed by atoms with E-state index in [1.54, 1.807) is 0 Å². The molecule has 0 heterocycles. The SMILES string of the molecule is CC/C=C\C/C=C\C/C=C\C/C=C\C/C=C\CCCCCCCCCCCCCC(=O)OCC(O)COP(=O)(O)OCC(O)COP(=O)(O)OCC(COC(=O)CCCCCCC/C=C\C/C=C\C/C=C\C/C=C\C/C=C\CC)OC(=O)CCCCCCCCCCCCCCCCC. The topological polar surface area (TPSA) is 231 Å². The number of aliphatic hydroxyl groups excluding tert-OH is 2. The van der Waals surface area contributed by atoms with Gasteiger partial charge < -0.3 is 34.2 Å². The van der Waals surface area contributed by atoms with Crippen LogP contribution in [-0.4, -0.2) is 95.9 Å². The third-order valence-corrected chi connectivity index (χ3v) is 18.1. The maximum atomic E-state index is 13.0. The quantitative estimate of drug-likeness (QED) is 0.0146. The molecule has 18 heteroatoms. The lowest BCUT2D eigenvalue weighted by atomic mass is 10.0. The maximum Gasteiger partial charge on any atom is 0.472 e. The van der Waals surface area contributed by atoms with E-state index in [9.17, 15) is 43.5 Å². The molecule has 0 fully saturated rings. The number of hydrogen-bond donors (Lipinski definition) is 4. The first-order valence-corrected chi connectivity index (χ1v) is 41.8. The highest BCUT2D eigenvalue weighted by molar-refractivity contribution is 7.47. The minimum absolute atomic E-state index is 0.102. The Morgan fingerprint density at radius 1 is 0.293 bits per heavy atom. The van der Waals surface area contributed by atoms with Gasteiger partial charge in [0.2, 0.25) is 0 Å². The summed E-state index contributed by atoms with van der Waals surface area (Å²) < 4.78 is 61.1. The Balaban J connectivity index is 4.57. The number of hydrogen-bond acceptors (Lipinski definition) is 14. The molecule has 0 aliphatic rings. The molecule has 570 valence electrons. The van der Waals surface area contributed by atoms with Crippen molar-refractivity contribution in [2.75, 3.05) is 39.6 Å². The summed E-state index contributed by atoms with van der Waals surface area (Å²) in [5.41, 5.74) is 0. The van der Waals surface area contributed by atoms with Gasteiger partial charge in [-0.1, -0.05) is 309 Å². The molecule has 0 saturated heterocycles. The molecule has 0 aliphatic heterocycles. The number of phosphoric ester groups is 2. The van der Waals surface area contributed by atoms with Crippen molar-refractivity contribution in [3.05, 3.63) is 122 Å². The molecule has 5 atom stereocenters. The number of ether oxygens (including phenoxy) is 3. The molecule has 0 radical (unpaired) electrons. The number of phosphoric acid groups is 2. The van der Waals surface area contributed by atoms with Crippen LogP contribution < -0.4 is 0 Å². The molecule has 4 N–H and O–H groups in total. The van der Waals surface area contributed by atoms with Crippen molar-refractivity contribution in [3.63, 3.8) is 0 Å². The van der Waals surface area contributed by atoms with Gasteiger partial charge in [-0.2, -0.15) is 0 Å². The number of aliphatic hydroxyl groups is 2. The van der Waals surface area contributed by atoms with Gasteiger partial charge in [0.15, 0.2) is 6.10 Å². The molecule has 16 nitrogen and oxygen atoms in total. The summed E-state index contributed by atoms with van der Waals surface area (Å²) in [6.07, 6.45) is 86.7. The molecule has 0 aromatic rings. The Bertz CT molecular complexity index is 2290. The monoisotopic (exact) mass is 1430 g/mol. The molecule has 0 aromatic carbocycles. The maximum absolute atomic E-state index is 13.0. The third-order valence-electron chi connectivity index (χ3n) is 16.2. The second-order valence-electron chi connectivity index (χ2n) is 25.8. The van der Waals surface area contributed by atoms with Crippen LogP contribution in [0.1, 0.15) is 316 Å². The highest BCUT2D eigenvalue weighted by atomic mass is 31.2. The molecular weight excluding hydrogens is 1290 g/mol. The molecule has 0 saturated carbocycles. The average Bonchev–Trinajstić information content (AvgIpc) is 1.44. The Morgan fingerprint density at radius 2 is 0.535 bits per heavy atom. The third kappa shape index (κ3) is 74.9. The summed E-state index contributed by atoms with van der Waals surface area (Å²) >= 11 is 0. The zero-order valence-electron chi connectivity index (χ0n) is 62.1. The standard InChI is InChI=1S/C81H140O16P2/c1-4-7-10-13-16-19-22-25-28-30-32-34-35-36-37-38-39-41-43-44-47-49-52-55-58-61-64-67-79(84)91-70-76(82)71-93-98(87,88)94-72-77(83)73-95-99(89,90)96-75-78(97-81(86)69-66-63-60-57-54-51-46-27-24-21-18-15-12-9-6-3)74-92-80(85)68-65-62-59-56-53-50-48-45-42-40-33-31-29-26-23-20-17-14-11-8-5-2/h7-8,10-11,16-17,19-20,25-26,28-29,32-34,36-37,40,45,48,76-78,82-83H,4-6,9,12-15,18,21-24,27,30-31,35,38-39,41-44,46-47,49-75H2,1-3H3,(H,87,88)(H,89,90)/b10-7-,11-8-,19-16-,20-17-,28-25-,29-26-,34-32-,37-36-,40-33-,48-45-. The zero-order valence-corrected chi connectivity index (χ0v) is 63.9. The van der Waals surface area contributed by atoms with E-state index in [2.05, 4.69) is 142 Å². The number of carbonyl (C=O) groups is 3. The van der Waals surface area contributed by atoms with E-state index in [4.69, 9.17) is 32.3 Å². The first-order chi connectivity index (χ1) is 48.2. The minimum atomic E-state index is -4.93. The number of unbranched alkanes of at least 4 members (excludes halogenated alkanes) is 30. The molecule has 0 rings (SSSR count). The number of allylic oxidation sites excluding steroid dienone is 20. The predicted octanol–water partition coefficient (Wildman–Crippen LogP) is 22.5. The summed E-state index contributed by atoms with van der Waals surface area (Å²) in [4.78, 5) is 58.6. The van der Waals surface area contributed by atoms with Crippen LogP contribution in [0.2, 0.25) is 0 Å². The van der Waals surface area contributed by atoms with Crippen LogP contribution in [0.4, 0.5) is 0 Å². The van der Waals surface area contributed by atoms with E-state index >= 15 is 0 Å². The minimum Gasteiger partial charge on any atom is -0.463 e. The largest absolute Gasteiger partial charge is 0.472 e. The molecule has 0 aromatic heterocycles. The fourth-order valence-electron chi connectivity index (χ4n) is 10.3. The summed E-state index contributed by atoms with van der Waals surface area (Å²) in [6.45, 7) is 2.45. The summed E-state index contributed by atoms with van der Waals surface area (Å²) in [5.74, 6) is -1.59. The van der Waals surface area contributed by atoms with E-state index in [0.29, 0.717) is 19.3 Å². The van der Waals surface area contributed by atoms with E-state index < -0.39 is 91.5 Å². The second kappa shape index (κ2) is 73.7. The number of rotatable bonds is 73. The smallest absolute Gasteiger partial charge is 0.463 e. The normalized spacial score (nSPS) is 14.7. The Morgan fingerprint density at radius 3 is 0.848 bits per heavy atom. The zero-order chi connectivity index (χ0) is 72.3. The number of carbonyl (C=O) groups excluding carboxylic acids is 3. The van der Waals surface area contributed by atoms with Gasteiger partial charge in [-0.25, -0.2) is 9.13 Å². The van der Waals surface area contributed by atoms with E-state index in [0.717, 1.165) is 148 Å². The average molecular weight is 1430 g/mol. The molecule has 0 aliphatic carbocycles. The van der Waals surface area contributed by atoms with Crippen LogP contribution in [0.5, 0.6) is 0 Å². The van der Waals surface area contributed by atoms with Crippen LogP contribution in [0, 0.1) is 0 Å². The molecular formula is C81H140O16P2. The van der Waals surface area contributed by atoms with Gasteiger partial charge in [-0.15, -0.1) is 0 Å². The van der Waals surface area contributed by atoms with Crippen molar-refractivity contribution in [1.29, 1.82) is 0 Å². The second-order valence-corrected chi connectivity index (χ2v) is 28.7. The van der Waals surface area contributed by atoms with Crippen molar-refractivity contribution in [3.8, 4) is 0 Å². The van der Waals surface area contributed by atoms with E-state index in [-0.39, 0.29) is 19.3 Å². The summed E-state index contributed by atoms with van der Waals surface area (Å²) in [7, 11) is -9.79. The van der Waals surface area contributed by atoms with Crippen molar-refractivity contribution in [2.24, 2.45) is 0 Å². The number of esters is 3. The predicted molar refractivity (Wildman–Crippen MR) is 408 cm³/mol. The van der Waals surface area contributed by atoms with E-state index in [1.807, 2.05) is 0 Å². The van der Waals surface area contributed by atoms with Gasteiger partial charge in [-0.05, 0) is 109 Å². The Hall–Kier alpha value is -4.05. The molecule has 99 heavy (non-hydrogen) atoms. The van der Waals surface area contributed by atoms with Crippen molar-refractivity contribution in [2.45, 2.75) is 334 Å². The molecule has 0 amide bonds. The lowest BCUT2D eigenvalue weighted by molar-refractivity contribution is -0.161. The molecule has 0 spiro atoms. The van der Waals surface area contributed by atoms with Crippen LogP contribution in [-0.2, 0) is 55.8 Å². The Kier molecular flexibility index (Phi) is 70.7. The highest BCUT2D eigenvalue weighted by Crippen LogP contribution is 2.45. The highest BCUT2D eigenvalue weighted by Gasteiger charge is 2.29. The molecule has 5 unspecified atom stereocenters. The summed E-state index contributed by atoms with van der Waals surface area (Å²) in [6, 6.07) is 0. The van der Waals surface area contributed by atoms with Gasteiger partial charge in [0.25, 0.3) is 0 Å².